The molecule has 0 saturated carbocycles. The number of nitrogens with one attached hydrogen (secondary N) is 1. The number of nitrogens with zero attached hydrogens (tertiary/aromatic N) is 1. The molecule has 0 radical (unpaired) electrons. The number of aryl methyl sites for hydroxylation is 2. The number of rotatable bonds is 9. The van der Waals surface area contributed by atoms with E-state index in [1.165, 1.54) is 36.5 Å². The summed E-state index contributed by atoms with van der Waals surface area (Å²) < 4.78 is 48.3. The van der Waals surface area contributed by atoms with Crippen molar-refractivity contribution in [1.29, 1.82) is 0 Å². The summed E-state index contributed by atoms with van der Waals surface area (Å²) in [5.74, 6) is -1.41. The minimum atomic E-state index is -4.25. The van der Waals surface area contributed by atoms with Gasteiger partial charge in [-0.05, 0) is 84.5 Å². The molecule has 1 atom stereocenters. The van der Waals surface area contributed by atoms with Gasteiger partial charge in [0.15, 0.2) is 5.37 Å². The van der Waals surface area contributed by atoms with E-state index in [1.54, 1.807) is 30.3 Å². The summed E-state index contributed by atoms with van der Waals surface area (Å²) in [5, 5.41) is 10.9. The van der Waals surface area contributed by atoms with Crippen molar-refractivity contribution in [1.82, 2.24) is 4.98 Å². The maximum Gasteiger partial charge on any atom is 0.335 e. The summed E-state index contributed by atoms with van der Waals surface area (Å²) in [4.78, 5) is 15.0. The van der Waals surface area contributed by atoms with Gasteiger partial charge in [-0.15, -0.1) is 0 Å². The topological polar surface area (TPSA) is 106 Å². The number of anilines is 1. The molecule has 0 spiro atoms. The fourth-order valence-electron chi connectivity index (χ4n) is 4.52. The number of halogens is 1. The van der Waals surface area contributed by atoms with E-state index in [0.29, 0.717) is 11.4 Å². The molecule has 1 aromatic heterocycles. The fourth-order valence-corrected chi connectivity index (χ4v) is 6.13. The van der Waals surface area contributed by atoms with Crippen LogP contribution in [0.2, 0.25) is 0 Å². The standard InChI is InChI=1S/C29H25FN2O5S/c30-23-8-1-2-10-27(23)38(35,36)28(24-9-3-4-15-31-24)32-25-16-21-6-5-7-22(21)17-26(25)37-18-19-11-13-20(14-12-19)29(33)34/h1-4,8-17,28,32H,5-7,18H2,(H,33,34). The predicted octanol–water partition coefficient (Wildman–Crippen LogP) is 5.57. The van der Waals surface area contributed by atoms with Gasteiger partial charge in [-0.25, -0.2) is 17.6 Å². The van der Waals surface area contributed by atoms with Crippen LogP contribution in [-0.2, 0) is 29.3 Å². The molecule has 5 rings (SSSR count). The van der Waals surface area contributed by atoms with Crippen LogP contribution in [0.25, 0.3) is 0 Å². The van der Waals surface area contributed by atoms with Crippen molar-refractivity contribution in [3.63, 3.8) is 0 Å². The van der Waals surface area contributed by atoms with E-state index in [1.807, 2.05) is 12.1 Å². The van der Waals surface area contributed by atoms with Crippen molar-refractivity contribution >= 4 is 21.5 Å². The molecule has 7 nitrogen and oxygen atoms in total. The molecule has 38 heavy (non-hydrogen) atoms. The zero-order chi connectivity index (χ0) is 26.7. The highest BCUT2D eigenvalue weighted by Crippen LogP contribution is 2.38. The molecule has 3 aromatic carbocycles. The molecule has 0 bridgehead atoms. The van der Waals surface area contributed by atoms with Gasteiger partial charge < -0.3 is 15.2 Å². The van der Waals surface area contributed by atoms with Gasteiger partial charge in [0.2, 0.25) is 9.84 Å². The molecule has 0 saturated heterocycles. The summed E-state index contributed by atoms with van der Waals surface area (Å²) in [7, 11) is -4.25. The van der Waals surface area contributed by atoms with Crippen molar-refractivity contribution < 1.29 is 27.4 Å². The van der Waals surface area contributed by atoms with Crippen molar-refractivity contribution in [2.75, 3.05) is 5.32 Å². The Kier molecular flexibility index (Phi) is 7.11. The van der Waals surface area contributed by atoms with Crippen molar-refractivity contribution in [2.45, 2.75) is 36.1 Å². The summed E-state index contributed by atoms with van der Waals surface area (Å²) in [6, 6.07) is 20.3. The first-order chi connectivity index (χ1) is 18.3. The second-order valence-electron chi connectivity index (χ2n) is 9.02. The SMILES string of the molecule is O=C(O)c1ccc(COc2cc3c(cc2NC(c2ccccn2)S(=O)(=O)c2ccccc2F)CCC3)cc1. The van der Waals surface area contributed by atoms with Crippen LogP contribution in [0.15, 0.2) is 90.0 Å². The Balaban J connectivity index is 1.52. The van der Waals surface area contributed by atoms with Gasteiger partial charge in [-0.1, -0.05) is 30.3 Å². The van der Waals surface area contributed by atoms with Crippen molar-refractivity contribution in [2.24, 2.45) is 0 Å². The lowest BCUT2D eigenvalue weighted by Gasteiger charge is -2.23. The molecule has 0 fully saturated rings. The summed E-state index contributed by atoms with van der Waals surface area (Å²) in [5.41, 5.74) is 3.80. The first-order valence-electron chi connectivity index (χ1n) is 12.1. The number of hydrogen-bond donors (Lipinski definition) is 2. The number of carbonyl (C=O) groups is 1. The minimum Gasteiger partial charge on any atom is -0.487 e. The molecule has 0 aliphatic heterocycles. The second-order valence-corrected chi connectivity index (χ2v) is 11.0. The molecule has 194 valence electrons. The van der Waals surface area contributed by atoms with Crippen LogP contribution in [0.1, 0.15) is 44.5 Å². The Morgan fingerprint density at radius 2 is 1.71 bits per heavy atom. The van der Waals surface area contributed by atoms with E-state index in [0.717, 1.165) is 42.0 Å². The molecule has 4 aromatic rings. The number of carboxylic acid groups (broad SMARTS) is 1. The Morgan fingerprint density at radius 3 is 2.39 bits per heavy atom. The zero-order valence-corrected chi connectivity index (χ0v) is 21.1. The number of pyridine rings is 1. The van der Waals surface area contributed by atoms with Crippen LogP contribution in [0.4, 0.5) is 10.1 Å². The number of sulfone groups is 1. The number of carboxylic acids is 1. The molecular weight excluding hydrogens is 507 g/mol. The Morgan fingerprint density at radius 1 is 1.00 bits per heavy atom. The predicted molar refractivity (Wildman–Crippen MR) is 140 cm³/mol. The molecule has 1 heterocycles. The first-order valence-corrected chi connectivity index (χ1v) is 13.6. The van der Waals surface area contributed by atoms with Crippen LogP contribution < -0.4 is 10.1 Å². The van der Waals surface area contributed by atoms with Gasteiger partial charge in [0.05, 0.1) is 16.9 Å². The van der Waals surface area contributed by atoms with Gasteiger partial charge in [-0.3, -0.25) is 4.98 Å². The molecule has 0 amide bonds. The average Bonchev–Trinajstić information content (AvgIpc) is 3.38. The van der Waals surface area contributed by atoms with Crippen molar-refractivity contribution in [3.05, 3.63) is 119 Å². The summed E-state index contributed by atoms with van der Waals surface area (Å²) >= 11 is 0. The molecule has 1 unspecified atom stereocenters. The Labute approximate surface area is 219 Å². The van der Waals surface area contributed by atoms with Crippen LogP contribution in [0, 0.1) is 5.82 Å². The first kappa shape index (κ1) is 25.4. The van der Waals surface area contributed by atoms with Crippen LogP contribution in [-0.4, -0.2) is 24.5 Å². The van der Waals surface area contributed by atoms with Gasteiger partial charge in [0.1, 0.15) is 23.1 Å². The Bertz CT molecular complexity index is 1570. The smallest absolute Gasteiger partial charge is 0.335 e. The number of aromatic nitrogens is 1. The Hall–Kier alpha value is -4.24. The van der Waals surface area contributed by atoms with E-state index in [9.17, 15) is 17.6 Å². The zero-order valence-electron chi connectivity index (χ0n) is 20.3. The maximum atomic E-state index is 14.7. The van der Waals surface area contributed by atoms with E-state index in [-0.39, 0.29) is 17.9 Å². The lowest BCUT2D eigenvalue weighted by Crippen LogP contribution is -2.24. The minimum absolute atomic E-state index is 0.141. The number of hydrogen-bond acceptors (Lipinski definition) is 6. The fraction of sp³-hybridized carbons (Fsp3) is 0.172. The molecular formula is C29H25FN2O5S. The van der Waals surface area contributed by atoms with Crippen LogP contribution in [0.3, 0.4) is 0 Å². The summed E-state index contributed by atoms with van der Waals surface area (Å²) in [6.07, 6.45) is 4.21. The molecule has 9 heteroatoms. The number of ether oxygens (including phenoxy) is 1. The van der Waals surface area contributed by atoms with E-state index >= 15 is 0 Å². The third-order valence-electron chi connectivity index (χ3n) is 6.49. The van der Waals surface area contributed by atoms with E-state index < -0.39 is 31.9 Å². The molecule has 2 N–H and O–H groups in total. The lowest BCUT2D eigenvalue weighted by molar-refractivity contribution is 0.0696. The highest BCUT2D eigenvalue weighted by Gasteiger charge is 2.33. The van der Waals surface area contributed by atoms with Gasteiger partial charge in [-0.2, -0.15) is 0 Å². The normalized spacial score (nSPS) is 13.5. The molecule has 1 aliphatic carbocycles. The number of fused-ring (bicyclic) bond motifs is 1. The molecule has 1 aliphatic rings. The monoisotopic (exact) mass is 532 g/mol. The quantitative estimate of drug-likeness (QED) is 0.290. The number of benzene rings is 3. The highest BCUT2D eigenvalue weighted by atomic mass is 32.2. The third kappa shape index (κ3) is 5.24. The van der Waals surface area contributed by atoms with Crippen LogP contribution >= 0.6 is 0 Å². The average molecular weight is 533 g/mol. The van der Waals surface area contributed by atoms with Gasteiger partial charge in [0.25, 0.3) is 0 Å². The van der Waals surface area contributed by atoms with Crippen molar-refractivity contribution in [3.8, 4) is 5.75 Å². The maximum absolute atomic E-state index is 14.7. The third-order valence-corrected chi connectivity index (χ3v) is 8.41. The number of aromatic carboxylic acids is 1. The van der Waals surface area contributed by atoms with E-state index in [2.05, 4.69) is 10.3 Å². The highest BCUT2D eigenvalue weighted by molar-refractivity contribution is 7.91. The summed E-state index contributed by atoms with van der Waals surface area (Å²) in [6.45, 7) is 0.141. The lowest BCUT2D eigenvalue weighted by atomic mass is 10.1. The van der Waals surface area contributed by atoms with Gasteiger partial charge in [0, 0.05) is 6.20 Å². The second kappa shape index (κ2) is 10.6. The van der Waals surface area contributed by atoms with Gasteiger partial charge >= 0.3 is 5.97 Å². The van der Waals surface area contributed by atoms with Crippen LogP contribution in [0.5, 0.6) is 5.75 Å². The largest absolute Gasteiger partial charge is 0.487 e. The van der Waals surface area contributed by atoms with E-state index in [4.69, 9.17) is 9.84 Å².